The van der Waals surface area contributed by atoms with E-state index in [1.165, 1.54) is 12.8 Å². The van der Waals surface area contributed by atoms with Gasteiger partial charge in [-0.1, -0.05) is 12.2 Å². The molecule has 0 amide bonds. The molecule has 1 unspecified atom stereocenters. The van der Waals surface area contributed by atoms with E-state index in [0.717, 1.165) is 32.5 Å². The number of aliphatic hydroxyl groups excluding tert-OH is 1. The van der Waals surface area contributed by atoms with Crippen molar-refractivity contribution in [1.82, 2.24) is 4.90 Å². The molecule has 1 fully saturated rings. The molecule has 0 spiro atoms. The normalized spacial score (nSPS) is 23.6. The van der Waals surface area contributed by atoms with E-state index >= 15 is 0 Å². The average molecular weight is 216 g/mol. The molecule has 1 atom stereocenters. The van der Waals surface area contributed by atoms with Gasteiger partial charge in [0.2, 0.25) is 0 Å². The van der Waals surface area contributed by atoms with E-state index < -0.39 is 0 Å². The van der Waals surface area contributed by atoms with Crippen LogP contribution in [-0.4, -0.2) is 41.2 Å². The van der Waals surface area contributed by atoms with E-state index in [1.807, 2.05) is 0 Å². The number of thiocarbonyl (C=S) groups is 1. The summed E-state index contributed by atoms with van der Waals surface area (Å²) in [5, 5.41) is 9.05. The Morgan fingerprint density at radius 2 is 2.36 bits per heavy atom. The first-order valence-electron chi connectivity index (χ1n) is 5.34. The van der Waals surface area contributed by atoms with Crippen LogP contribution in [0.25, 0.3) is 0 Å². The van der Waals surface area contributed by atoms with E-state index in [2.05, 4.69) is 4.90 Å². The molecular weight excluding hydrogens is 196 g/mol. The van der Waals surface area contributed by atoms with Crippen LogP contribution in [0, 0.1) is 5.92 Å². The molecule has 0 bridgehead atoms. The number of rotatable bonds is 5. The standard InChI is InChI=1S/C10H20N2OS/c11-10(14)4-2-6-12-5-1-3-9(7-12)8-13/h9,13H,1-8H2,(H2,11,14). The van der Waals surface area contributed by atoms with E-state index in [1.54, 1.807) is 0 Å². The van der Waals surface area contributed by atoms with Crippen LogP contribution in [0.15, 0.2) is 0 Å². The second-order valence-electron chi connectivity index (χ2n) is 4.06. The minimum atomic E-state index is 0.325. The van der Waals surface area contributed by atoms with Gasteiger partial charge in [0.05, 0.1) is 4.99 Å². The molecule has 3 nitrogen and oxygen atoms in total. The fourth-order valence-electron chi connectivity index (χ4n) is 1.98. The van der Waals surface area contributed by atoms with Gasteiger partial charge in [0, 0.05) is 13.2 Å². The first-order chi connectivity index (χ1) is 6.72. The molecule has 3 N–H and O–H groups in total. The first-order valence-corrected chi connectivity index (χ1v) is 5.74. The minimum Gasteiger partial charge on any atom is -0.396 e. The van der Waals surface area contributed by atoms with E-state index in [4.69, 9.17) is 23.1 Å². The molecule has 0 radical (unpaired) electrons. The molecular formula is C10H20N2OS. The molecule has 0 aliphatic carbocycles. The Balaban J connectivity index is 2.14. The highest BCUT2D eigenvalue weighted by molar-refractivity contribution is 7.80. The maximum Gasteiger partial charge on any atom is 0.0727 e. The van der Waals surface area contributed by atoms with Crippen LogP contribution >= 0.6 is 12.2 Å². The van der Waals surface area contributed by atoms with Gasteiger partial charge in [0.25, 0.3) is 0 Å². The fraction of sp³-hybridized carbons (Fsp3) is 0.900. The van der Waals surface area contributed by atoms with Crippen LogP contribution in [0.4, 0.5) is 0 Å². The van der Waals surface area contributed by atoms with Crippen LogP contribution in [0.2, 0.25) is 0 Å². The summed E-state index contributed by atoms with van der Waals surface area (Å²) in [6.07, 6.45) is 4.27. The van der Waals surface area contributed by atoms with Crippen molar-refractivity contribution in [3.63, 3.8) is 0 Å². The predicted octanol–water partition coefficient (Wildman–Crippen LogP) is 0.757. The topological polar surface area (TPSA) is 49.5 Å². The van der Waals surface area contributed by atoms with Crippen molar-refractivity contribution in [2.45, 2.75) is 25.7 Å². The van der Waals surface area contributed by atoms with E-state index in [0.29, 0.717) is 17.5 Å². The van der Waals surface area contributed by atoms with Crippen molar-refractivity contribution < 1.29 is 5.11 Å². The quantitative estimate of drug-likeness (QED) is 0.666. The summed E-state index contributed by atoms with van der Waals surface area (Å²) >= 11 is 4.83. The molecule has 4 heteroatoms. The highest BCUT2D eigenvalue weighted by Crippen LogP contribution is 2.15. The zero-order chi connectivity index (χ0) is 10.4. The maximum atomic E-state index is 9.05. The Morgan fingerprint density at radius 3 is 3.00 bits per heavy atom. The lowest BCUT2D eigenvalue weighted by atomic mass is 9.99. The molecule has 14 heavy (non-hydrogen) atoms. The number of likely N-dealkylation sites (tertiary alicyclic amines) is 1. The van der Waals surface area contributed by atoms with Crippen LogP contribution < -0.4 is 5.73 Å². The monoisotopic (exact) mass is 216 g/mol. The Labute approximate surface area is 91.3 Å². The smallest absolute Gasteiger partial charge is 0.0727 e. The van der Waals surface area contributed by atoms with Gasteiger partial charge in [-0.3, -0.25) is 0 Å². The van der Waals surface area contributed by atoms with E-state index in [9.17, 15) is 0 Å². The van der Waals surface area contributed by atoms with E-state index in [-0.39, 0.29) is 0 Å². The average Bonchev–Trinajstić information content (AvgIpc) is 2.18. The van der Waals surface area contributed by atoms with Crippen molar-refractivity contribution in [3.05, 3.63) is 0 Å². The number of nitrogens with zero attached hydrogens (tertiary/aromatic N) is 1. The third kappa shape index (κ3) is 4.35. The number of hydrogen-bond donors (Lipinski definition) is 2. The summed E-state index contributed by atoms with van der Waals surface area (Å²) in [5.41, 5.74) is 5.43. The molecule has 1 heterocycles. The van der Waals surface area contributed by atoms with Crippen molar-refractivity contribution in [2.75, 3.05) is 26.2 Å². The molecule has 1 rings (SSSR count). The van der Waals surface area contributed by atoms with Crippen molar-refractivity contribution >= 4 is 17.2 Å². The highest BCUT2D eigenvalue weighted by Gasteiger charge is 2.18. The lowest BCUT2D eigenvalue weighted by molar-refractivity contribution is 0.120. The van der Waals surface area contributed by atoms with Crippen LogP contribution in [0.5, 0.6) is 0 Å². The third-order valence-corrected chi connectivity index (χ3v) is 2.96. The second-order valence-corrected chi connectivity index (χ2v) is 4.59. The minimum absolute atomic E-state index is 0.325. The lowest BCUT2D eigenvalue weighted by Gasteiger charge is -2.31. The first kappa shape index (κ1) is 11.9. The van der Waals surface area contributed by atoms with Crippen LogP contribution in [0.1, 0.15) is 25.7 Å². The van der Waals surface area contributed by atoms with Gasteiger partial charge in [-0.2, -0.15) is 0 Å². The third-order valence-electron chi connectivity index (χ3n) is 2.76. The van der Waals surface area contributed by atoms with Gasteiger partial charge in [-0.15, -0.1) is 0 Å². The van der Waals surface area contributed by atoms with Gasteiger partial charge in [-0.25, -0.2) is 0 Å². The van der Waals surface area contributed by atoms with Gasteiger partial charge in [0.1, 0.15) is 0 Å². The molecule has 0 saturated carbocycles. The van der Waals surface area contributed by atoms with Gasteiger partial charge < -0.3 is 15.7 Å². The number of nitrogens with two attached hydrogens (primary N) is 1. The van der Waals surface area contributed by atoms with Gasteiger partial charge in [-0.05, 0) is 44.7 Å². The zero-order valence-corrected chi connectivity index (χ0v) is 9.43. The zero-order valence-electron chi connectivity index (χ0n) is 8.61. The number of hydrogen-bond acceptors (Lipinski definition) is 3. The van der Waals surface area contributed by atoms with Gasteiger partial charge in [0.15, 0.2) is 0 Å². The lowest BCUT2D eigenvalue weighted by Crippen LogP contribution is -2.37. The molecule has 1 saturated heterocycles. The molecule has 0 aromatic heterocycles. The maximum absolute atomic E-state index is 9.05. The Hall–Kier alpha value is -0.190. The van der Waals surface area contributed by atoms with Crippen molar-refractivity contribution in [1.29, 1.82) is 0 Å². The predicted molar refractivity (Wildman–Crippen MR) is 62.3 cm³/mol. The van der Waals surface area contributed by atoms with Crippen LogP contribution in [0.3, 0.4) is 0 Å². The van der Waals surface area contributed by atoms with Crippen molar-refractivity contribution in [3.8, 4) is 0 Å². The summed E-state index contributed by atoms with van der Waals surface area (Å²) in [4.78, 5) is 3.02. The summed E-state index contributed by atoms with van der Waals surface area (Å²) in [7, 11) is 0. The summed E-state index contributed by atoms with van der Waals surface area (Å²) < 4.78 is 0. The van der Waals surface area contributed by atoms with Gasteiger partial charge >= 0.3 is 0 Å². The summed E-state index contributed by atoms with van der Waals surface area (Å²) in [5.74, 6) is 0.480. The Kier molecular flexibility index (Phi) is 5.37. The van der Waals surface area contributed by atoms with Crippen LogP contribution in [-0.2, 0) is 0 Å². The Morgan fingerprint density at radius 1 is 1.57 bits per heavy atom. The second kappa shape index (κ2) is 6.32. The molecule has 0 aromatic carbocycles. The molecule has 1 aliphatic rings. The number of piperidine rings is 1. The molecule has 0 aromatic rings. The number of aliphatic hydroxyl groups is 1. The largest absolute Gasteiger partial charge is 0.396 e. The SMILES string of the molecule is NC(=S)CCCN1CCCC(CO)C1. The van der Waals surface area contributed by atoms with Crippen molar-refractivity contribution in [2.24, 2.45) is 11.7 Å². The summed E-state index contributed by atoms with van der Waals surface area (Å²) in [6, 6.07) is 0. The molecule has 1 aliphatic heterocycles. The summed E-state index contributed by atoms with van der Waals surface area (Å²) in [6.45, 7) is 3.58. The Bertz CT molecular complexity index is 187. The highest BCUT2D eigenvalue weighted by atomic mass is 32.1. The molecule has 82 valence electrons. The fourth-order valence-corrected chi connectivity index (χ4v) is 2.12.